The highest BCUT2D eigenvalue weighted by molar-refractivity contribution is 14.1. The van der Waals surface area contributed by atoms with E-state index in [9.17, 15) is 4.79 Å². The molecule has 0 unspecified atom stereocenters. The van der Waals surface area contributed by atoms with Crippen LogP contribution in [0.15, 0.2) is 42.0 Å². The fourth-order valence-corrected chi connectivity index (χ4v) is 1.97. The summed E-state index contributed by atoms with van der Waals surface area (Å²) in [6.45, 7) is 3.92. The van der Waals surface area contributed by atoms with E-state index in [0.29, 0.717) is 0 Å². The predicted octanol–water partition coefficient (Wildman–Crippen LogP) is 4.51. The Morgan fingerprint density at radius 1 is 1.18 bits per heavy atom. The molecular formula is C15H13IO. The lowest BCUT2D eigenvalue weighted by atomic mass is 10.0. The minimum atomic E-state index is 0.0927. The van der Waals surface area contributed by atoms with Gasteiger partial charge in [0.2, 0.25) is 3.79 Å². The molecule has 2 aromatic carbocycles. The smallest absolute Gasteiger partial charge is 0.218 e. The van der Waals surface area contributed by atoms with Gasteiger partial charge in [-0.25, -0.2) is 0 Å². The number of aryl methyl sites for hydroxylation is 1. The second kappa shape index (κ2) is 5.00. The molecule has 0 bridgehead atoms. The van der Waals surface area contributed by atoms with Crippen LogP contribution in [0, 0.1) is 6.92 Å². The minimum absolute atomic E-state index is 0.0927. The average Bonchev–Trinajstić information content (AvgIpc) is 2.29. The summed E-state index contributed by atoms with van der Waals surface area (Å²) in [6, 6.07) is 12.6. The van der Waals surface area contributed by atoms with E-state index in [-0.39, 0.29) is 3.79 Å². The molecule has 2 aromatic rings. The molecule has 0 N–H and O–H groups in total. The minimum Gasteiger partial charge on any atom is -0.283 e. The summed E-state index contributed by atoms with van der Waals surface area (Å²) >= 11 is 1.82. The van der Waals surface area contributed by atoms with Crippen molar-refractivity contribution in [3.05, 3.63) is 53.1 Å². The van der Waals surface area contributed by atoms with Crippen molar-refractivity contribution in [2.24, 2.45) is 0 Å². The summed E-state index contributed by atoms with van der Waals surface area (Å²) in [7, 11) is 0. The molecule has 0 atom stereocenters. The van der Waals surface area contributed by atoms with Crippen LogP contribution in [0.1, 0.15) is 18.1 Å². The molecule has 2 heteroatoms. The molecule has 0 saturated carbocycles. The number of benzene rings is 2. The molecule has 0 aromatic heterocycles. The highest BCUT2D eigenvalue weighted by Gasteiger charge is 2.02. The summed E-state index contributed by atoms with van der Waals surface area (Å²) in [6.07, 6.45) is 1.95. The first-order chi connectivity index (χ1) is 8.08. The molecule has 0 amide bonds. The van der Waals surface area contributed by atoms with E-state index >= 15 is 0 Å². The number of hydrogen-bond donors (Lipinski definition) is 0. The first-order valence-corrected chi connectivity index (χ1v) is 6.53. The van der Waals surface area contributed by atoms with Crippen LogP contribution in [0.25, 0.3) is 16.8 Å². The Morgan fingerprint density at radius 2 is 1.76 bits per heavy atom. The highest BCUT2D eigenvalue weighted by Crippen LogP contribution is 2.22. The Hall–Kier alpha value is -1.16. The number of fused-ring (bicyclic) bond motifs is 1. The molecule has 0 radical (unpaired) electrons. The molecule has 86 valence electrons. The maximum atomic E-state index is 11.2. The van der Waals surface area contributed by atoms with Gasteiger partial charge in [-0.1, -0.05) is 30.3 Å². The van der Waals surface area contributed by atoms with Gasteiger partial charge in [0.15, 0.2) is 0 Å². The maximum absolute atomic E-state index is 11.2. The largest absolute Gasteiger partial charge is 0.283 e. The number of carbonyl (C=O) groups is 1. The van der Waals surface area contributed by atoms with Crippen molar-refractivity contribution in [3.8, 4) is 0 Å². The zero-order chi connectivity index (χ0) is 12.4. The molecular weight excluding hydrogens is 323 g/mol. The number of allylic oxidation sites excluding steroid dienone is 1. The van der Waals surface area contributed by atoms with Crippen LogP contribution in [-0.2, 0) is 4.79 Å². The summed E-state index contributed by atoms with van der Waals surface area (Å²) in [5, 5.41) is 2.44. The molecule has 0 aliphatic heterocycles. The van der Waals surface area contributed by atoms with E-state index in [2.05, 4.69) is 31.2 Å². The second-order valence-electron chi connectivity index (χ2n) is 4.16. The first-order valence-electron chi connectivity index (χ1n) is 5.45. The second-order valence-corrected chi connectivity index (χ2v) is 5.14. The van der Waals surface area contributed by atoms with Gasteiger partial charge < -0.3 is 0 Å². The van der Waals surface area contributed by atoms with Crippen LogP contribution in [0.5, 0.6) is 0 Å². The third-order valence-corrected chi connectivity index (χ3v) is 3.67. The molecule has 17 heavy (non-hydrogen) atoms. The van der Waals surface area contributed by atoms with Crippen LogP contribution in [0.4, 0.5) is 0 Å². The Labute approximate surface area is 115 Å². The van der Waals surface area contributed by atoms with E-state index in [4.69, 9.17) is 0 Å². The zero-order valence-electron chi connectivity index (χ0n) is 9.83. The van der Waals surface area contributed by atoms with Crippen molar-refractivity contribution < 1.29 is 4.79 Å². The molecule has 0 fully saturated rings. The fourth-order valence-electron chi connectivity index (χ4n) is 1.82. The normalized spacial score (nSPS) is 11.8. The molecule has 0 spiro atoms. The third kappa shape index (κ3) is 2.75. The van der Waals surface area contributed by atoms with Gasteiger partial charge in [-0.2, -0.15) is 0 Å². The van der Waals surface area contributed by atoms with Crippen LogP contribution >= 0.6 is 22.6 Å². The van der Waals surface area contributed by atoms with E-state index < -0.39 is 0 Å². The Morgan fingerprint density at radius 3 is 2.35 bits per heavy atom. The van der Waals surface area contributed by atoms with Crippen LogP contribution in [0.2, 0.25) is 0 Å². The van der Waals surface area contributed by atoms with Crippen molar-refractivity contribution >= 4 is 43.2 Å². The quantitative estimate of drug-likeness (QED) is 0.448. The lowest BCUT2D eigenvalue weighted by molar-refractivity contribution is -0.106. The van der Waals surface area contributed by atoms with Crippen LogP contribution in [-0.4, -0.2) is 3.79 Å². The Kier molecular flexibility index (Phi) is 3.62. The molecule has 0 saturated heterocycles. The molecule has 0 aliphatic rings. The summed E-state index contributed by atoms with van der Waals surface area (Å²) < 4.78 is 0.0927. The van der Waals surface area contributed by atoms with Crippen LogP contribution in [0.3, 0.4) is 0 Å². The molecule has 0 aliphatic carbocycles. The Balaban J connectivity index is 2.59. The SMILES string of the molecule is C/C(=C/c1cc2ccccc2cc1C)C(=O)I. The number of rotatable bonds is 2. The molecule has 2 rings (SSSR count). The van der Waals surface area contributed by atoms with E-state index in [1.165, 1.54) is 16.3 Å². The lowest BCUT2D eigenvalue weighted by Gasteiger charge is -2.05. The van der Waals surface area contributed by atoms with E-state index in [0.717, 1.165) is 11.1 Å². The van der Waals surface area contributed by atoms with Crippen molar-refractivity contribution in [1.82, 2.24) is 0 Å². The maximum Gasteiger partial charge on any atom is 0.218 e. The highest BCUT2D eigenvalue weighted by atomic mass is 127. The van der Waals surface area contributed by atoms with Gasteiger partial charge in [0.05, 0.1) is 0 Å². The van der Waals surface area contributed by atoms with Crippen molar-refractivity contribution in [1.29, 1.82) is 0 Å². The number of hydrogen-bond acceptors (Lipinski definition) is 1. The van der Waals surface area contributed by atoms with Gasteiger partial charge in [0, 0.05) is 28.2 Å². The topological polar surface area (TPSA) is 17.1 Å². The lowest BCUT2D eigenvalue weighted by Crippen LogP contribution is -1.89. The molecule has 1 nitrogen and oxygen atoms in total. The monoisotopic (exact) mass is 336 g/mol. The summed E-state index contributed by atoms with van der Waals surface area (Å²) in [5.41, 5.74) is 3.09. The van der Waals surface area contributed by atoms with Crippen molar-refractivity contribution in [2.75, 3.05) is 0 Å². The van der Waals surface area contributed by atoms with E-state index in [1.54, 1.807) is 0 Å². The van der Waals surface area contributed by atoms with Gasteiger partial charge in [-0.15, -0.1) is 0 Å². The number of halogens is 1. The fraction of sp³-hybridized carbons (Fsp3) is 0.133. The summed E-state index contributed by atoms with van der Waals surface area (Å²) in [4.78, 5) is 11.2. The van der Waals surface area contributed by atoms with Crippen LogP contribution < -0.4 is 0 Å². The van der Waals surface area contributed by atoms with Gasteiger partial charge in [-0.05, 0) is 47.9 Å². The van der Waals surface area contributed by atoms with Crippen molar-refractivity contribution in [2.45, 2.75) is 13.8 Å². The summed E-state index contributed by atoms with van der Waals surface area (Å²) in [5.74, 6) is 0. The van der Waals surface area contributed by atoms with Crippen molar-refractivity contribution in [3.63, 3.8) is 0 Å². The Bertz CT molecular complexity index is 611. The third-order valence-electron chi connectivity index (χ3n) is 2.82. The molecule has 0 heterocycles. The first kappa shape index (κ1) is 12.3. The van der Waals surface area contributed by atoms with Gasteiger partial charge in [0.25, 0.3) is 0 Å². The standard InChI is InChI=1S/C15H13IO/c1-10-7-12-5-3-4-6-13(12)9-14(10)8-11(2)15(16)17/h3-9H,1-2H3/b11-8-. The predicted molar refractivity (Wildman–Crippen MR) is 81.4 cm³/mol. The van der Waals surface area contributed by atoms with Gasteiger partial charge in [-0.3, -0.25) is 4.79 Å². The zero-order valence-corrected chi connectivity index (χ0v) is 12.0. The van der Waals surface area contributed by atoms with Gasteiger partial charge >= 0.3 is 0 Å². The van der Waals surface area contributed by atoms with E-state index in [1.807, 2.05) is 47.7 Å². The average molecular weight is 336 g/mol. The van der Waals surface area contributed by atoms with Gasteiger partial charge in [0.1, 0.15) is 0 Å². The number of carbonyl (C=O) groups excluding carboxylic acids is 1.